The van der Waals surface area contributed by atoms with E-state index < -0.39 is 0 Å². The lowest BCUT2D eigenvalue weighted by atomic mass is 10.2. The van der Waals surface area contributed by atoms with Crippen LogP contribution in [0, 0.1) is 0 Å². The second-order valence-electron chi connectivity index (χ2n) is 4.09. The molecule has 19 heavy (non-hydrogen) atoms. The van der Waals surface area contributed by atoms with E-state index in [-0.39, 0.29) is 0 Å². The average molecular weight is 261 g/mol. The van der Waals surface area contributed by atoms with Crippen molar-refractivity contribution in [3.63, 3.8) is 0 Å². The van der Waals surface area contributed by atoms with Crippen molar-refractivity contribution in [2.45, 2.75) is 40.0 Å². The molecule has 0 saturated heterocycles. The fourth-order valence-corrected chi connectivity index (χ4v) is 1.98. The van der Waals surface area contributed by atoms with Crippen LogP contribution >= 0.6 is 0 Å². The van der Waals surface area contributed by atoms with Crippen LogP contribution in [-0.2, 0) is 19.3 Å². The Kier molecular flexibility index (Phi) is 4.06. The van der Waals surface area contributed by atoms with Gasteiger partial charge in [0.25, 0.3) is 0 Å². The molecular weight excluding hydrogens is 242 g/mol. The SMILES string of the molecule is CCc1nc(CC)n(-c2ncnc(NN)c2CC)n1. The fraction of sp³-hybridized carbons (Fsp3) is 0.500. The van der Waals surface area contributed by atoms with Crippen molar-refractivity contribution < 1.29 is 0 Å². The Hall–Kier alpha value is -2.02. The Morgan fingerprint density at radius 2 is 1.95 bits per heavy atom. The number of hydrazine groups is 1. The fourth-order valence-electron chi connectivity index (χ4n) is 1.98. The standard InChI is InChI=1S/C12H19N7/c1-4-8-11(17-13)14-7-15-12(8)19-10(6-3)16-9(5-2)18-19/h7H,4-6,13H2,1-3H3,(H,14,15,17). The zero-order valence-electron chi connectivity index (χ0n) is 11.5. The molecule has 2 aromatic heterocycles. The van der Waals surface area contributed by atoms with Crippen molar-refractivity contribution in [1.29, 1.82) is 0 Å². The minimum Gasteiger partial charge on any atom is -0.308 e. The normalized spacial score (nSPS) is 10.7. The highest BCUT2D eigenvalue weighted by molar-refractivity contribution is 5.51. The third-order valence-electron chi connectivity index (χ3n) is 2.96. The zero-order chi connectivity index (χ0) is 13.8. The molecule has 102 valence electrons. The predicted molar refractivity (Wildman–Crippen MR) is 72.9 cm³/mol. The Balaban J connectivity index is 2.60. The van der Waals surface area contributed by atoms with Crippen LogP contribution in [0.3, 0.4) is 0 Å². The van der Waals surface area contributed by atoms with Gasteiger partial charge in [0, 0.05) is 18.4 Å². The second-order valence-corrected chi connectivity index (χ2v) is 4.09. The van der Waals surface area contributed by atoms with Crippen molar-refractivity contribution in [1.82, 2.24) is 24.7 Å². The molecule has 2 aromatic rings. The quantitative estimate of drug-likeness (QED) is 0.616. The molecule has 7 heteroatoms. The van der Waals surface area contributed by atoms with E-state index in [9.17, 15) is 0 Å². The van der Waals surface area contributed by atoms with E-state index in [1.165, 1.54) is 6.33 Å². The Morgan fingerprint density at radius 1 is 1.16 bits per heavy atom. The molecule has 0 amide bonds. The summed E-state index contributed by atoms with van der Waals surface area (Å²) < 4.78 is 1.79. The van der Waals surface area contributed by atoms with E-state index >= 15 is 0 Å². The molecular formula is C12H19N7. The summed E-state index contributed by atoms with van der Waals surface area (Å²) in [6.45, 7) is 6.12. The summed E-state index contributed by atoms with van der Waals surface area (Å²) in [5.74, 6) is 8.58. The van der Waals surface area contributed by atoms with Crippen LogP contribution < -0.4 is 11.3 Å². The van der Waals surface area contributed by atoms with E-state index in [4.69, 9.17) is 5.84 Å². The largest absolute Gasteiger partial charge is 0.308 e. The van der Waals surface area contributed by atoms with Crippen LogP contribution in [0.1, 0.15) is 38.0 Å². The topological polar surface area (TPSA) is 94.5 Å². The Morgan fingerprint density at radius 3 is 2.53 bits per heavy atom. The first-order chi connectivity index (χ1) is 9.24. The summed E-state index contributed by atoms with van der Waals surface area (Å²) in [6.07, 6.45) is 3.84. The number of aryl methyl sites for hydroxylation is 2. The highest BCUT2D eigenvalue weighted by Crippen LogP contribution is 2.19. The van der Waals surface area contributed by atoms with Gasteiger partial charge in [-0.25, -0.2) is 20.8 Å². The third-order valence-corrected chi connectivity index (χ3v) is 2.96. The summed E-state index contributed by atoms with van der Waals surface area (Å²) in [5.41, 5.74) is 3.54. The first-order valence-electron chi connectivity index (χ1n) is 6.50. The minimum atomic E-state index is 0.628. The van der Waals surface area contributed by atoms with Gasteiger partial charge in [-0.1, -0.05) is 20.8 Å². The molecule has 0 saturated carbocycles. The molecule has 3 N–H and O–H groups in total. The maximum Gasteiger partial charge on any atom is 0.164 e. The molecule has 0 aliphatic heterocycles. The van der Waals surface area contributed by atoms with Gasteiger partial charge in [-0.3, -0.25) is 0 Å². The van der Waals surface area contributed by atoms with Gasteiger partial charge in [0.15, 0.2) is 11.6 Å². The number of aromatic nitrogens is 5. The summed E-state index contributed by atoms with van der Waals surface area (Å²) >= 11 is 0. The van der Waals surface area contributed by atoms with Gasteiger partial charge >= 0.3 is 0 Å². The van der Waals surface area contributed by atoms with Crippen molar-refractivity contribution in [2.24, 2.45) is 5.84 Å². The van der Waals surface area contributed by atoms with Gasteiger partial charge in [0.1, 0.15) is 18.0 Å². The molecule has 0 aromatic carbocycles. The van der Waals surface area contributed by atoms with Crippen LogP contribution in [0.2, 0.25) is 0 Å². The molecule has 0 aliphatic rings. The number of nitrogens with one attached hydrogen (secondary N) is 1. The lowest BCUT2D eigenvalue weighted by Crippen LogP contribution is -2.15. The number of anilines is 1. The van der Waals surface area contributed by atoms with E-state index in [1.807, 2.05) is 13.8 Å². The summed E-state index contributed by atoms with van der Waals surface area (Å²) in [7, 11) is 0. The van der Waals surface area contributed by atoms with Crippen LogP contribution in [0.15, 0.2) is 6.33 Å². The van der Waals surface area contributed by atoms with Crippen LogP contribution in [0.4, 0.5) is 5.82 Å². The lowest BCUT2D eigenvalue weighted by molar-refractivity contribution is 0.753. The summed E-state index contributed by atoms with van der Waals surface area (Å²) in [5, 5.41) is 4.50. The predicted octanol–water partition coefficient (Wildman–Crippen LogP) is 1.03. The molecule has 7 nitrogen and oxygen atoms in total. The highest BCUT2D eigenvalue weighted by atomic mass is 15.4. The minimum absolute atomic E-state index is 0.628. The summed E-state index contributed by atoms with van der Waals surface area (Å²) in [4.78, 5) is 13.0. The highest BCUT2D eigenvalue weighted by Gasteiger charge is 2.16. The van der Waals surface area contributed by atoms with E-state index in [0.29, 0.717) is 5.82 Å². The van der Waals surface area contributed by atoms with Crippen molar-refractivity contribution in [2.75, 3.05) is 5.43 Å². The molecule has 0 radical (unpaired) electrons. The maximum atomic E-state index is 5.49. The first kappa shape index (κ1) is 13.4. The van der Waals surface area contributed by atoms with E-state index in [1.54, 1.807) is 4.68 Å². The third kappa shape index (κ3) is 2.41. The summed E-state index contributed by atoms with van der Waals surface area (Å²) in [6, 6.07) is 0. The number of hydrogen-bond donors (Lipinski definition) is 2. The lowest BCUT2D eigenvalue weighted by Gasteiger charge is -2.11. The molecule has 0 atom stereocenters. The number of nitrogens with zero attached hydrogens (tertiary/aromatic N) is 5. The number of hydrogen-bond acceptors (Lipinski definition) is 6. The van der Waals surface area contributed by atoms with Crippen LogP contribution in [-0.4, -0.2) is 24.7 Å². The molecule has 0 fully saturated rings. The van der Waals surface area contributed by atoms with Crippen LogP contribution in [0.25, 0.3) is 5.82 Å². The monoisotopic (exact) mass is 261 g/mol. The van der Waals surface area contributed by atoms with Crippen molar-refractivity contribution in [3.05, 3.63) is 23.5 Å². The van der Waals surface area contributed by atoms with Gasteiger partial charge in [-0.05, 0) is 6.42 Å². The van der Waals surface area contributed by atoms with Crippen LogP contribution in [0.5, 0.6) is 0 Å². The smallest absolute Gasteiger partial charge is 0.164 e. The molecule has 2 rings (SSSR count). The van der Waals surface area contributed by atoms with Gasteiger partial charge in [-0.2, -0.15) is 4.68 Å². The second kappa shape index (κ2) is 5.75. The molecule has 2 heterocycles. The number of nitrogen functional groups attached to an aromatic ring is 1. The van der Waals surface area contributed by atoms with Gasteiger partial charge in [0.05, 0.1) is 0 Å². The molecule has 0 unspecified atom stereocenters. The maximum absolute atomic E-state index is 5.49. The number of rotatable bonds is 5. The molecule has 0 bridgehead atoms. The zero-order valence-corrected chi connectivity index (χ0v) is 11.5. The average Bonchev–Trinajstić information content (AvgIpc) is 2.89. The van der Waals surface area contributed by atoms with Crippen molar-refractivity contribution >= 4 is 5.82 Å². The van der Waals surface area contributed by atoms with Gasteiger partial charge in [-0.15, -0.1) is 5.10 Å². The van der Waals surface area contributed by atoms with E-state index in [0.717, 1.165) is 42.3 Å². The first-order valence-corrected chi connectivity index (χ1v) is 6.50. The van der Waals surface area contributed by atoms with Crippen molar-refractivity contribution in [3.8, 4) is 5.82 Å². The van der Waals surface area contributed by atoms with E-state index in [2.05, 4.69) is 32.4 Å². The van der Waals surface area contributed by atoms with Gasteiger partial charge < -0.3 is 5.43 Å². The number of nitrogens with two attached hydrogens (primary N) is 1. The Labute approximate surface area is 112 Å². The Bertz CT molecular complexity index is 561. The molecule has 0 aliphatic carbocycles. The van der Waals surface area contributed by atoms with Gasteiger partial charge in [0.2, 0.25) is 0 Å². The molecule has 0 spiro atoms.